The molecule has 2 rings (SSSR count). The largest absolute Gasteiger partial charge is 0.433 e. The van der Waals surface area contributed by atoms with E-state index in [9.17, 15) is 14.4 Å². The first-order valence-electron chi connectivity index (χ1n) is 4.90. The van der Waals surface area contributed by atoms with Gasteiger partial charge in [0.1, 0.15) is 8.96 Å². The molecule has 0 aromatic heterocycles. The molecule has 0 unspecified atom stereocenters. The van der Waals surface area contributed by atoms with Crippen molar-refractivity contribution in [2.75, 3.05) is 0 Å². The second kappa shape index (κ2) is 6.16. The number of nitrogens with one attached hydrogen (secondary N) is 2. The minimum absolute atomic E-state index is 0.193. The second-order valence-corrected chi connectivity index (χ2v) is 6.81. The Balaban J connectivity index is 1.95. The summed E-state index contributed by atoms with van der Waals surface area (Å²) in [5.74, 6) is -1.20. The quantitative estimate of drug-likeness (QED) is 0.524. The highest BCUT2D eigenvalue weighted by atomic mass is 79.9. The Bertz CT molecular complexity index is 525. The maximum Gasteiger partial charge on any atom is 0.348 e. The van der Waals surface area contributed by atoms with Gasteiger partial charge in [0.05, 0.1) is 8.96 Å². The highest BCUT2D eigenvalue weighted by molar-refractivity contribution is 9.14. The molecule has 0 aromatic carbocycles. The lowest BCUT2D eigenvalue weighted by Gasteiger charge is -2.16. The number of cyclic esters (lactones) is 2. The van der Waals surface area contributed by atoms with Gasteiger partial charge < -0.3 is 9.47 Å². The number of hydrogen-bond donors (Lipinski definition) is 2. The molecule has 2 aliphatic rings. The van der Waals surface area contributed by atoms with Crippen LogP contribution in [-0.2, 0) is 19.1 Å². The van der Waals surface area contributed by atoms with Crippen molar-refractivity contribution in [3.05, 3.63) is 17.9 Å². The number of carbonyl (C=O) groups is 3. The Hall–Kier alpha value is -0.390. The number of carbonyl (C=O) groups excluding carboxylic acids is 3. The van der Waals surface area contributed by atoms with Gasteiger partial charge in [-0.15, -0.1) is 0 Å². The van der Waals surface area contributed by atoms with E-state index in [2.05, 4.69) is 74.4 Å². The lowest BCUT2D eigenvalue weighted by molar-refractivity contribution is -0.139. The van der Waals surface area contributed by atoms with Gasteiger partial charge in [-0.2, -0.15) is 0 Å². The maximum absolute atomic E-state index is 11.8. The number of ether oxygens (including phenoxy) is 2. The fraction of sp³-hybridized carbons (Fsp3) is 0.222. The molecule has 2 N–H and O–H groups in total. The number of hydrogen-bond acceptors (Lipinski definition) is 5. The summed E-state index contributed by atoms with van der Waals surface area (Å²) in [6.07, 6.45) is -1.89. The molecule has 0 spiro atoms. The molecule has 11 heteroatoms. The summed E-state index contributed by atoms with van der Waals surface area (Å²) in [7, 11) is 0. The third-order valence-corrected chi connectivity index (χ3v) is 6.40. The van der Waals surface area contributed by atoms with Gasteiger partial charge >= 0.3 is 18.0 Å². The Kier molecular flexibility index (Phi) is 4.92. The number of amides is 2. The Morgan fingerprint density at radius 3 is 1.45 bits per heavy atom. The van der Waals surface area contributed by atoms with Crippen molar-refractivity contribution in [2.45, 2.75) is 12.5 Å². The van der Waals surface area contributed by atoms with E-state index in [1.807, 2.05) is 0 Å². The fourth-order valence-corrected chi connectivity index (χ4v) is 2.65. The monoisotopic (exact) mass is 536 g/mol. The molecular formula is C9H4Br4N2O5. The molecule has 0 fully saturated rings. The molecule has 0 aromatic rings. The molecule has 7 nitrogen and oxygen atoms in total. The van der Waals surface area contributed by atoms with E-state index in [-0.39, 0.29) is 8.96 Å². The molecule has 0 bridgehead atoms. The average Bonchev–Trinajstić information content (AvgIpc) is 2.76. The predicted molar refractivity (Wildman–Crippen MR) is 81.2 cm³/mol. The molecule has 0 radical (unpaired) electrons. The summed E-state index contributed by atoms with van der Waals surface area (Å²) in [4.78, 5) is 34.2. The fourth-order valence-electron chi connectivity index (χ4n) is 1.31. The van der Waals surface area contributed by atoms with Crippen LogP contribution in [0.1, 0.15) is 0 Å². The summed E-state index contributed by atoms with van der Waals surface area (Å²) in [6.45, 7) is 0. The number of rotatable bonds is 2. The Labute approximate surface area is 146 Å². The van der Waals surface area contributed by atoms with Crippen molar-refractivity contribution in [1.82, 2.24) is 10.6 Å². The second-order valence-electron chi connectivity index (χ2n) is 3.51. The molecule has 0 aliphatic carbocycles. The van der Waals surface area contributed by atoms with Crippen LogP contribution in [0.25, 0.3) is 0 Å². The van der Waals surface area contributed by atoms with Crippen molar-refractivity contribution in [3.8, 4) is 0 Å². The molecule has 108 valence electrons. The van der Waals surface area contributed by atoms with Crippen molar-refractivity contribution in [3.63, 3.8) is 0 Å². The summed E-state index contributed by atoms with van der Waals surface area (Å²) < 4.78 is 10.8. The van der Waals surface area contributed by atoms with Gasteiger partial charge in [0, 0.05) is 0 Å². The Morgan fingerprint density at radius 2 is 1.20 bits per heavy atom. The van der Waals surface area contributed by atoms with Crippen molar-refractivity contribution in [1.29, 1.82) is 0 Å². The molecule has 2 aliphatic heterocycles. The van der Waals surface area contributed by atoms with E-state index >= 15 is 0 Å². The number of esters is 2. The van der Waals surface area contributed by atoms with Crippen molar-refractivity contribution >= 4 is 81.7 Å². The van der Waals surface area contributed by atoms with Crippen LogP contribution in [0.5, 0.6) is 0 Å². The van der Waals surface area contributed by atoms with Crippen molar-refractivity contribution < 1.29 is 23.9 Å². The molecule has 2 heterocycles. The Morgan fingerprint density at radius 1 is 0.850 bits per heavy atom. The first-order chi connectivity index (χ1) is 9.31. The number of urea groups is 1. The third kappa shape index (κ3) is 3.10. The van der Waals surface area contributed by atoms with Crippen LogP contribution in [0.15, 0.2) is 17.9 Å². The normalized spacial score (nSPS) is 25.8. The van der Waals surface area contributed by atoms with Crippen LogP contribution in [0.4, 0.5) is 4.79 Å². The zero-order valence-corrected chi connectivity index (χ0v) is 15.6. The molecule has 2 amide bonds. The van der Waals surface area contributed by atoms with Crippen LogP contribution in [-0.4, -0.2) is 30.4 Å². The first-order valence-corrected chi connectivity index (χ1v) is 8.07. The molecule has 2 atom stereocenters. The van der Waals surface area contributed by atoms with E-state index in [0.29, 0.717) is 8.96 Å². The van der Waals surface area contributed by atoms with Gasteiger partial charge in [-0.05, 0) is 63.7 Å². The minimum atomic E-state index is -0.944. The zero-order valence-electron chi connectivity index (χ0n) is 9.21. The summed E-state index contributed by atoms with van der Waals surface area (Å²) in [5.41, 5.74) is 0. The van der Waals surface area contributed by atoms with E-state index in [1.54, 1.807) is 0 Å². The van der Waals surface area contributed by atoms with E-state index in [1.165, 1.54) is 0 Å². The van der Waals surface area contributed by atoms with E-state index < -0.39 is 30.4 Å². The van der Waals surface area contributed by atoms with Gasteiger partial charge in [-0.3, -0.25) is 10.6 Å². The smallest absolute Gasteiger partial charge is 0.348 e. The van der Waals surface area contributed by atoms with Crippen LogP contribution >= 0.6 is 63.7 Å². The average molecular weight is 540 g/mol. The van der Waals surface area contributed by atoms with E-state index in [0.717, 1.165) is 0 Å². The standard InChI is InChI=1S/C9H4Br4N2O5/c10-1-3(12)7(16)19-5(1)14-9(18)15-6-2(11)4(13)8(17)20-6/h5-6H,(H2,14,15,18)/t5-,6-/m1/s1. The first kappa shape index (κ1) is 16.0. The summed E-state index contributed by atoms with van der Waals surface area (Å²) in [5, 5.41) is 4.78. The SMILES string of the molecule is O=C(N[C@@H]1OC(=O)C(Br)=C1Br)N[C@@H]1OC(=O)C(Br)=C1Br. The highest BCUT2D eigenvalue weighted by Gasteiger charge is 2.35. The number of halogens is 4. The molecule has 20 heavy (non-hydrogen) atoms. The predicted octanol–water partition coefficient (Wildman–Crippen LogP) is 2.05. The topological polar surface area (TPSA) is 93.7 Å². The maximum atomic E-state index is 11.8. The van der Waals surface area contributed by atoms with E-state index in [4.69, 9.17) is 9.47 Å². The molecule has 0 saturated heterocycles. The van der Waals surface area contributed by atoms with Gasteiger partial charge in [-0.25, -0.2) is 14.4 Å². The van der Waals surface area contributed by atoms with Gasteiger partial charge in [0.15, 0.2) is 0 Å². The summed E-state index contributed by atoms with van der Waals surface area (Å²) >= 11 is 12.2. The summed E-state index contributed by atoms with van der Waals surface area (Å²) in [6, 6.07) is -0.682. The van der Waals surface area contributed by atoms with Crippen LogP contribution in [0, 0.1) is 0 Å². The minimum Gasteiger partial charge on any atom is -0.433 e. The van der Waals surface area contributed by atoms with Crippen LogP contribution in [0.2, 0.25) is 0 Å². The lowest BCUT2D eigenvalue weighted by Crippen LogP contribution is -2.47. The third-order valence-electron chi connectivity index (χ3n) is 2.21. The lowest BCUT2D eigenvalue weighted by atomic mass is 10.5. The van der Waals surface area contributed by atoms with Gasteiger partial charge in [0.2, 0.25) is 12.5 Å². The van der Waals surface area contributed by atoms with Crippen LogP contribution in [0.3, 0.4) is 0 Å². The molecular weight excluding hydrogens is 536 g/mol. The van der Waals surface area contributed by atoms with Crippen molar-refractivity contribution in [2.24, 2.45) is 0 Å². The van der Waals surface area contributed by atoms with Crippen LogP contribution < -0.4 is 10.6 Å². The van der Waals surface area contributed by atoms with Gasteiger partial charge in [0.25, 0.3) is 0 Å². The highest BCUT2D eigenvalue weighted by Crippen LogP contribution is 2.31. The zero-order chi connectivity index (χ0) is 15.0. The van der Waals surface area contributed by atoms with Gasteiger partial charge in [-0.1, -0.05) is 0 Å². The molecule has 0 saturated carbocycles.